The van der Waals surface area contributed by atoms with E-state index in [2.05, 4.69) is 0 Å². The molecule has 28 heavy (non-hydrogen) atoms. The molecule has 1 aliphatic carbocycles. The Morgan fingerprint density at radius 1 is 1.21 bits per heavy atom. The van der Waals surface area contributed by atoms with Gasteiger partial charge < -0.3 is 14.4 Å². The maximum Gasteiger partial charge on any atom is 0.344 e. The number of hydrogen-bond acceptors (Lipinski definition) is 5. The molecule has 1 saturated carbocycles. The van der Waals surface area contributed by atoms with Crippen molar-refractivity contribution in [3.8, 4) is 5.75 Å². The van der Waals surface area contributed by atoms with Crippen molar-refractivity contribution in [2.24, 2.45) is 0 Å². The fourth-order valence-corrected chi connectivity index (χ4v) is 3.93. The number of hydrogen-bond donors (Lipinski definition) is 0. The average Bonchev–Trinajstić information content (AvgIpc) is 2.91. The highest BCUT2D eigenvalue weighted by Gasteiger charge is 2.40. The summed E-state index contributed by atoms with van der Waals surface area (Å²) in [4.78, 5) is 27.9. The van der Waals surface area contributed by atoms with Crippen molar-refractivity contribution in [1.29, 1.82) is 0 Å². The molecule has 150 valence electrons. The van der Waals surface area contributed by atoms with Gasteiger partial charge in [0.25, 0.3) is 5.91 Å². The highest BCUT2D eigenvalue weighted by molar-refractivity contribution is 7.80. The summed E-state index contributed by atoms with van der Waals surface area (Å²) >= 11 is 5.54. The molecule has 1 saturated heterocycles. The van der Waals surface area contributed by atoms with Crippen molar-refractivity contribution in [1.82, 2.24) is 9.80 Å². The van der Waals surface area contributed by atoms with Gasteiger partial charge in [-0.2, -0.15) is 0 Å². The minimum absolute atomic E-state index is 0.0259. The summed E-state index contributed by atoms with van der Waals surface area (Å²) in [6.45, 7) is 1.96. The summed E-state index contributed by atoms with van der Waals surface area (Å²) in [5.41, 5.74) is 1.45. The molecule has 6 nitrogen and oxygen atoms in total. The third-order valence-corrected chi connectivity index (χ3v) is 5.55. The van der Waals surface area contributed by atoms with Gasteiger partial charge >= 0.3 is 5.97 Å². The Hall–Kier alpha value is -2.41. The second kappa shape index (κ2) is 9.19. The highest BCUT2D eigenvalue weighted by atomic mass is 32.1. The summed E-state index contributed by atoms with van der Waals surface area (Å²) in [5.74, 6) is 0.144. The lowest BCUT2D eigenvalue weighted by atomic mass is 9.94. The van der Waals surface area contributed by atoms with E-state index in [9.17, 15) is 9.59 Å². The van der Waals surface area contributed by atoms with Gasteiger partial charge in [0.2, 0.25) is 0 Å². The van der Waals surface area contributed by atoms with Crippen LogP contribution in [0.5, 0.6) is 5.75 Å². The van der Waals surface area contributed by atoms with Crippen molar-refractivity contribution in [2.75, 3.05) is 20.3 Å². The Morgan fingerprint density at radius 2 is 1.89 bits per heavy atom. The number of nitrogens with zero attached hydrogens (tertiary/aromatic N) is 2. The first-order chi connectivity index (χ1) is 13.5. The van der Waals surface area contributed by atoms with Gasteiger partial charge in [0.05, 0.1) is 6.61 Å². The molecular weight excluding hydrogens is 376 g/mol. The Bertz CT molecular complexity index is 769. The lowest BCUT2D eigenvalue weighted by molar-refractivity contribution is -0.145. The van der Waals surface area contributed by atoms with Crippen LogP contribution in [0, 0.1) is 0 Å². The molecule has 0 bridgehead atoms. The fourth-order valence-electron chi connectivity index (χ4n) is 3.60. The second-order valence-corrected chi connectivity index (χ2v) is 7.37. The van der Waals surface area contributed by atoms with Gasteiger partial charge in [0.1, 0.15) is 11.4 Å². The lowest BCUT2D eigenvalue weighted by Gasteiger charge is -2.30. The number of ether oxygens (including phenoxy) is 2. The summed E-state index contributed by atoms with van der Waals surface area (Å²) in [7, 11) is 1.84. The summed E-state index contributed by atoms with van der Waals surface area (Å²) in [6, 6.07) is 7.44. The molecule has 1 aromatic carbocycles. The van der Waals surface area contributed by atoms with Crippen molar-refractivity contribution >= 4 is 35.3 Å². The van der Waals surface area contributed by atoms with Crippen molar-refractivity contribution < 1.29 is 19.1 Å². The first-order valence-corrected chi connectivity index (χ1v) is 10.1. The molecule has 0 radical (unpaired) electrons. The maximum atomic E-state index is 13.0. The summed E-state index contributed by atoms with van der Waals surface area (Å²) < 4.78 is 10.2. The van der Waals surface area contributed by atoms with Gasteiger partial charge in [-0.1, -0.05) is 31.4 Å². The van der Waals surface area contributed by atoms with Gasteiger partial charge in [-0.05, 0) is 55.8 Å². The molecule has 0 aromatic heterocycles. The van der Waals surface area contributed by atoms with Crippen LogP contribution in [-0.2, 0) is 14.3 Å². The quantitative estimate of drug-likeness (QED) is 0.413. The predicted octanol–water partition coefficient (Wildman–Crippen LogP) is 3.36. The van der Waals surface area contributed by atoms with E-state index in [-0.39, 0.29) is 18.6 Å². The smallest absolute Gasteiger partial charge is 0.344 e. The number of carbonyl (C=O) groups excluding carboxylic acids is 2. The van der Waals surface area contributed by atoms with E-state index in [0.29, 0.717) is 23.2 Å². The van der Waals surface area contributed by atoms with Crippen LogP contribution < -0.4 is 4.74 Å². The van der Waals surface area contributed by atoms with Crippen LogP contribution in [-0.4, -0.2) is 53.1 Å². The van der Waals surface area contributed by atoms with Crippen LogP contribution in [0.25, 0.3) is 6.08 Å². The Labute approximate surface area is 171 Å². The van der Waals surface area contributed by atoms with Gasteiger partial charge in [-0.3, -0.25) is 9.69 Å². The van der Waals surface area contributed by atoms with Gasteiger partial charge in [-0.15, -0.1) is 0 Å². The number of esters is 1. The molecular formula is C21H26N2O4S. The zero-order valence-corrected chi connectivity index (χ0v) is 17.2. The normalized spacial score (nSPS) is 19.4. The van der Waals surface area contributed by atoms with Crippen LogP contribution in [0.4, 0.5) is 0 Å². The van der Waals surface area contributed by atoms with Crippen molar-refractivity contribution in [3.05, 3.63) is 35.5 Å². The number of amides is 1. The molecule has 0 spiro atoms. The Morgan fingerprint density at radius 3 is 2.54 bits per heavy atom. The largest absolute Gasteiger partial charge is 0.482 e. The van der Waals surface area contributed by atoms with Crippen molar-refractivity contribution in [3.63, 3.8) is 0 Å². The Balaban J connectivity index is 1.69. The monoisotopic (exact) mass is 402 g/mol. The fraction of sp³-hybridized carbons (Fsp3) is 0.476. The van der Waals surface area contributed by atoms with E-state index >= 15 is 0 Å². The first kappa shape index (κ1) is 20.3. The van der Waals surface area contributed by atoms with E-state index in [0.717, 1.165) is 31.2 Å². The third kappa shape index (κ3) is 4.52. The maximum absolute atomic E-state index is 13.0. The van der Waals surface area contributed by atoms with E-state index in [1.54, 1.807) is 28.9 Å². The molecule has 2 fully saturated rings. The van der Waals surface area contributed by atoms with Crippen LogP contribution in [0.2, 0.25) is 0 Å². The number of carbonyl (C=O) groups is 2. The first-order valence-electron chi connectivity index (χ1n) is 9.72. The van der Waals surface area contributed by atoms with Crippen molar-refractivity contribution in [2.45, 2.75) is 45.1 Å². The Kier molecular flexibility index (Phi) is 6.67. The summed E-state index contributed by atoms with van der Waals surface area (Å²) in [5, 5.41) is 0.581. The molecule has 7 heteroatoms. The minimum Gasteiger partial charge on any atom is -0.482 e. The van der Waals surface area contributed by atoms with Crippen LogP contribution in [0.1, 0.15) is 44.6 Å². The third-order valence-electron chi connectivity index (χ3n) is 5.08. The van der Waals surface area contributed by atoms with Gasteiger partial charge in [0.15, 0.2) is 11.7 Å². The van der Waals surface area contributed by atoms with E-state index in [1.807, 2.05) is 25.3 Å². The zero-order valence-electron chi connectivity index (χ0n) is 16.3. The van der Waals surface area contributed by atoms with E-state index in [4.69, 9.17) is 21.7 Å². The molecule has 0 atom stereocenters. The van der Waals surface area contributed by atoms with Crippen LogP contribution in [0.3, 0.4) is 0 Å². The van der Waals surface area contributed by atoms with E-state index < -0.39 is 5.97 Å². The SMILES string of the molecule is CCOC(=O)COc1ccc(C=C2C(=O)N(C3CCCCC3)C(=S)N2C)cc1. The second-order valence-electron chi connectivity index (χ2n) is 7.00. The molecule has 1 amide bonds. The van der Waals surface area contributed by atoms with E-state index in [1.165, 1.54) is 6.42 Å². The molecule has 3 rings (SSSR count). The molecule has 1 aromatic rings. The molecule has 1 heterocycles. The zero-order chi connectivity index (χ0) is 20.1. The van der Waals surface area contributed by atoms with Gasteiger partial charge in [-0.25, -0.2) is 4.79 Å². The topological polar surface area (TPSA) is 59.1 Å². The minimum atomic E-state index is -0.400. The number of likely N-dealkylation sites (N-methyl/N-ethyl adjacent to an activating group) is 1. The average molecular weight is 403 g/mol. The number of thiocarbonyl (C=S) groups is 1. The van der Waals surface area contributed by atoms with Gasteiger partial charge in [0, 0.05) is 13.1 Å². The lowest BCUT2D eigenvalue weighted by Crippen LogP contribution is -2.41. The number of rotatable bonds is 6. The molecule has 0 unspecified atom stereocenters. The predicted molar refractivity (Wildman–Crippen MR) is 111 cm³/mol. The number of benzene rings is 1. The highest BCUT2D eigenvalue weighted by Crippen LogP contribution is 2.30. The van der Waals surface area contributed by atoms with Crippen LogP contribution >= 0.6 is 12.2 Å². The standard InChI is InChI=1S/C21H26N2O4S/c1-3-26-19(24)14-27-17-11-9-15(10-12-17)13-18-20(25)23(21(28)22(18)2)16-7-5-4-6-8-16/h9-13,16H,3-8,14H2,1-2H3. The molecule has 2 aliphatic rings. The molecule has 1 aliphatic heterocycles. The molecule has 0 N–H and O–H groups in total. The summed E-state index contributed by atoms with van der Waals surface area (Å²) in [6.07, 6.45) is 7.39. The van der Waals surface area contributed by atoms with Crippen LogP contribution in [0.15, 0.2) is 30.0 Å².